The summed E-state index contributed by atoms with van der Waals surface area (Å²) in [5.74, 6) is -6.02. The van der Waals surface area contributed by atoms with E-state index in [9.17, 15) is 18.7 Å². The third kappa shape index (κ3) is 1.85. The first kappa shape index (κ1) is 12.4. The average Bonchev–Trinajstić information content (AvgIpc) is 2.49. The summed E-state index contributed by atoms with van der Waals surface area (Å²) in [7, 11) is 0. The number of halogens is 2. The van der Waals surface area contributed by atoms with Crippen molar-refractivity contribution in [1.82, 2.24) is 0 Å². The van der Waals surface area contributed by atoms with Crippen LogP contribution in [0, 0.1) is 5.92 Å². The summed E-state index contributed by atoms with van der Waals surface area (Å²) in [5.41, 5.74) is -2.24. The van der Waals surface area contributed by atoms with E-state index in [4.69, 9.17) is 0 Å². The molecular weight excluding hydrogens is 206 g/mol. The maximum Gasteiger partial charge on any atom is 0.380 e. The first-order valence-corrected chi connectivity index (χ1v) is 5.13. The molecule has 0 aromatic carbocycles. The fourth-order valence-corrected chi connectivity index (χ4v) is 2.03. The van der Waals surface area contributed by atoms with E-state index in [0.717, 1.165) is 0 Å². The monoisotopic (exact) mass is 222 g/mol. The molecule has 1 fully saturated rings. The highest BCUT2D eigenvalue weighted by Crippen LogP contribution is 2.46. The van der Waals surface area contributed by atoms with E-state index >= 15 is 0 Å². The van der Waals surface area contributed by atoms with Gasteiger partial charge in [-0.25, -0.2) is 4.79 Å². The molecule has 2 unspecified atom stereocenters. The van der Waals surface area contributed by atoms with E-state index < -0.39 is 23.4 Å². The summed E-state index contributed by atoms with van der Waals surface area (Å²) in [6.07, 6.45) is 0.956. The van der Waals surface area contributed by atoms with Gasteiger partial charge in [-0.05, 0) is 32.1 Å². The normalized spacial score (nSPS) is 31.7. The fourth-order valence-electron chi connectivity index (χ4n) is 2.03. The Balaban J connectivity index is 2.88. The van der Waals surface area contributed by atoms with Crippen molar-refractivity contribution in [3.63, 3.8) is 0 Å². The Morgan fingerprint density at radius 2 is 2.27 bits per heavy atom. The van der Waals surface area contributed by atoms with Gasteiger partial charge >= 0.3 is 11.9 Å². The van der Waals surface area contributed by atoms with E-state index in [1.165, 1.54) is 13.8 Å². The van der Waals surface area contributed by atoms with Crippen LogP contribution in [0.25, 0.3) is 0 Å². The summed E-state index contributed by atoms with van der Waals surface area (Å²) >= 11 is 0. The number of carbonyl (C=O) groups excluding carboxylic acids is 1. The number of hydrogen-bond donors (Lipinski definition) is 1. The van der Waals surface area contributed by atoms with Crippen molar-refractivity contribution in [2.75, 3.05) is 6.61 Å². The lowest BCUT2D eigenvalue weighted by molar-refractivity contribution is -0.220. The minimum atomic E-state index is -3.81. The zero-order valence-corrected chi connectivity index (χ0v) is 8.93. The number of carbonyl (C=O) groups is 1. The molecule has 0 aromatic heterocycles. The van der Waals surface area contributed by atoms with E-state index in [1.807, 2.05) is 0 Å². The molecule has 1 rings (SSSR count). The topological polar surface area (TPSA) is 46.5 Å². The third-order valence-corrected chi connectivity index (χ3v) is 3.09. The second-order valence-corrected chi connectivity index (χ2v) is 4.01. The van der Waals surface area contributed by atoms with Gasteiger partial charge in [-0.1, -0.05) is 6.92 Å². The molecule has 1 N–H and O–H groups in total. The lowest BCUT2D eigenvalue weighted by Gasteiger charge is -2.33. The van der Waals surface area contributed by atoms with Gasteiger partial charge in [0.1, 0.15) is 5.60 Å². The molecule has 0 aliphatic heterocycles. The molecule has 2 atom stereocenters. The van der Waals surface area contributed by atoms with Crippen molar-refractivity contribution in [2.24, 2.45) is 5.92 Å². The average molecular weight is 222 g/mol. The zero-order chi connectivity index (χ0) is 11.7. The second-order valence-electron chi connectivity index (χ2n) is 4.01. The number of hydrogen-bond acceptors (Lipinski definition) is 3. The van der Waals surface area contributed by atoms with E-state index in [-0.39, 0.29) is 13.0 Å². The van der Waals surface area contributed by atoms with Crippen LogP contribution in [-0.4, -0.2) is 29.2 Å². The summed E-state index contributed by atoms with van der Waals surface area (Å²) in [4.78, 5) is 11.1. The van der Waals surface area contributed by atoms with Gasteiger partial charge in [0.15, 0.2) is 0 Å². The minimum absolute atomic E-state index is 0.0556. The lowest BCUT2D eigenvalue weighted by Crippen LogP contribution is -2.55. The highest BCUT2D eigenvalue weighted by molar-refractivity contribution is 5.79. The smallest absolute Gasteiger partial charge is 0.380 e. The van der Waals surface area contributed by atoms with Crippen LogP contribution in [0.3, 0.4) is 0 Å². The van der Waals surface area contributed by atoms with Gasteiger partial charge in [0, 0.05) is 0 Å². The predicted molar refractivity (Wildman–Crippen MR) is 49.5 cm³/mol. The predicted octanol–water partition coefficient (Wildman–Crippen LogP) is 1.74. The number of ether oxygens (including phenoxy) is 1. The molecule has 3 nitrogen and oxygen atoms in total. The maximum absolute atomic E-state index is 13.6. The number of aliphatic hydroxyl groups is 1. The maximum atomic E-state index is 13.6. The standard InChI is InChI=1S/C10H16F2O3/c1-3-15-8(13)10(11,12)9(14)6-4-5-7(9)2/h7,14H,3-6H2,1-2H3. The summed E-state index contributed by atoms with van der Waals surface area (Å²) < 4.78 is 31.5. The molecule has 0 radical (unpaired) electrons. The fraction of sp³-hybridized carbons (Fsp3) is 0.900. The lowest BCUT2D eigenvalue weighted by atomic mass is 9.86. The van der Waals surface area contributed by atoms with Gasteiger partial charge in [-0.3, -0.25) is 0 Å². The van der Waals surface area contributed by atoms with Crippen LogP contribution in [0.15, 0.2) is 0 Å². The molecule has 0 saturated heterocycles. The summed E-state index contributed by atoms with van der Waals surface area (Å²) in [6.45, 7) is 2.87. The largest absolute Gasteiger partial charge is 0.461 e. The molecule has 5 heteroatoms. The Bertz CT molecular complexity index is 255. The van der Waals surface area contributed by atoms with Gasteiger partial charge in [0.05, 0.1) is 6.61 Å². The molecule has 0 amide bonds. The molecule has 15 heavy (non-hydrogen) atoms. The Hall–Kier alpha value is -0.710. The third-order valence-electron chi connectivity index (χ3n) is 3.09. The summed E-state index contributed by atoms with van der Waals surface area (Å²) in [5, 5.41) is 9.83. The van der Waals surface area contributed by atoms with Crippen molar-refractivity contribution < 1.29 is 23.4 Å². The van der Waals surface area contributed by atoms with Gasteiger partial charge in [0.25, 0.3) is 0 Å². The Labute approximate surface area is 87.4 Å². The van der Waals surface area contributed by atoms with Gasteiger partial charge in [-0.15, -0.1) is 0 Å². The first-order valence-electron chi connectivity index (χ1n) is 5.13. The molecule has 1 saturated carbocycles. The van der Waals surface area contributed by atoms with Gasteiger partial charge in [-0.2, -0.15) is 8.78 Å². The van der Waals surface area contributed by atoms with Crippen LogP contribution in [0.2, 0.25) is 0 Å². The molecule has 0 heterocycles. The van der Waals surface area contributed by atoms with Crippen LogP contribution in [-0.2, 0) is 9.53 Å². The van der Waals surface area contributed by atoms with Gasteiger partial charge in [0.2, 0.25) is 0 Å². The SMILES string of the molecule is CCOC(=O)C(F)(F)C1(O)CCCC1C. The van der Waals surface area contributed by atoms with Crippen molar-refractivity contribution in [1.29, 1.82) is 0 Å². The van der Waals surface area contributed by atoms with Gasteiger partial charge < -0.3 is 9.84 Å². The second kappa shape index (κ2) is 4.04. The Morgan fingerprint density at radius 3 is 2.67 bits per heavy atom. The molecule has 0 spiro atoms. The van der Waals surface area contributed by atoms with Crippen molar-refractivity contribution in [3.05, 3.63) is 0 Å². The Kier molecular flexibility index (Phi) is 3.33. The van der Waals surface area contributed by atoms with Crippen molar-refractivity contribution in [3.8, 4) is 0 Å². The van der Waals surface area contributed by atoms with Crippen LogP contribution in [0.5, 0.6) is 0 Å². The molecule has 1 aliphatic carbocycles. The highest BCUT2D eigenvalue weighted by Gasteiger charge is 2.63. The number of esters is 1. The molecular formula is C10H16F2O3. The van der Waals surface area contributed by atoms with Crippen LogP contribution in [0.1, 0.15) is 33.1 Å². The zero-order valence-electron chi connectivity index (χ0n) is 8.93. The first-order chi connectivity index (χ1) is 6.86. The number of alkyl halides is 2. The highest BCUT2D eigenvalue weighted by atomic mass is 19.3. The minimum Gasteiger partial charge on any atom is -0.461 e. The van der Waals surface area contributed by atoms with Crippen molar-refractivity contribution in [2.45, 2.75) is 44.6 Å². The number of rotatable bonds is 3. The van der Waals surface area contributed by atoms with Crippen LogP contribution < -0.4 is 0 Å². The molecule has 88 valence electrons. The molecule has 0 bridgehead atoms. The molecule has 0 aromatic rings. The van der Waals surface area contributed by atoms with E-state index in [0.29, 0.717) is 12.8 Å². The van der Waals surface area contributed by atoms with E-state index in [1.54, 1.807) is 0 Å². The van der Waals surface area contributed by atoms with Crippen LogP contribution >= 0.6 is 0 Å². The van der Waals surface area contributed by atoms with Crippen LogP contribution in [0.4, 0.5) is 8.78 Å². The van der Waals surface area contributed by atoms with Crippen molar-refractivity contribution >= 4 is 5.97 Å². The quantitative estimate of drug-likeness (QED) is 0.740. The Morgan fingerprint density at radius 1 is 1.67 bits per heavy atom. The summed E-state index contributed by atoms with van der Waals surface area (Å²) in [6, 6.07) is 0. The molecule has 1 aliphatic rings. The van der Waals surface area contributed by atoms with E-state index in [2.05, 4.69) is 4.74 Å².